The Balaban J connectivity index is 2.05. The van der Waals surface area contributed by atoms with Crippen molar-refractivity contribution in [3.8, 4) is 0 Å². The Hall–Kier alpha value is -0.120. The SMILES string of the molecule is CCC1(O)CC2COCC(C1)N2. The van der Waals surface area contributed by atoms with Gasteiger partial charge in [0, 0.05) is 12.1 Å². The lowest BCUT2D eigenvalue weighted by molar-refractivity contribution is -0.0775. The molecule has 2 bridgehead atoms. The highest BCUT2D eigenvalue weighted by Gasteiger charge is 2.39. The van der Waals surface area contributed by atoms with E-state index in [1.807, 2.05) is 0 Å². The fourth-order valence-corrected chi connectivity index (χ4v) is 2.31. The van der Waals surface area contributed by atoms with Crippen LogP contribution < -0.4 is 5.32 Å². The van der Waals surface area contributed by atoms with Crippen LogP contribution in [0.3, 0.4) is 0 Å². The predicted octanol–water partition coefficient (Wildman–Crippen LogP) is 0.278. The Morgan fingerprint density at radius 3 is 2.50 bits per heavy atom. The molecule has 0 radical (unpaired) electrons. The summed E-state index contributed by atoms with van der Waals surface area (Å²) in [4.78, 5) is 0. The second-order valence-electron chi connectivity index (χ2n) is 4.08. The van der Waals surface area contributed by atoms with E-state index in [1.54, 1.807) is 0 Å². The van der Waals surface area contributed by atoms with Gasteiger partial charge in [-0.15, -0.1) is 0 Å². The molecule has 12 heavy (non-hydrogen) atoms. The molecule has 2 aliphatic heterocycles. The molecular formula is C9H17NO2. The number of morpholine rings is 1. The molecule has 2 fully saturated rings. The van der Waals surface area contributed by atoms with Gasteiger partial charge >= 0.3 is 0 Å². The average Bonchev–Trinajstić information content (AvgIpc) is 2.03. The summed E-state index contributed by atoms with van der Waals surface area (Å²) in [5, 5.41) is 13.5. The largest absolute Gasteiger partial charge is 0.390 e. The van der Waals surface area contributed by atoms with Crippen molar-refractivity contribution in [1.29, 1.82) is 0 Å². The first-order valence-corrected chi connectivity index (χ1v) is 4.78. The van der Waals surface area contributed by atoms with Gasteiger partial charge in [0.05, 0.1) is 18.8 Å². The van der Waals surface area contributed by atoms with Gasteiger partial charge in [0.1, 0.15) is 0 Å². The molecule has 0 aliphatic carbocycles. The third kappa shape index (κ3) is 1.49. The first-order valence-electron chi connectivity index (χ1n) is 4.78. The van der Waals surface area contributed by atoms with E-state index in [0.29, 0.717) is 12.1 Å². The molecule has 0 amide bonds. The van der Waals surface area contributed by atoms with Crippen LogP contribution in [0.25, 0.3) is 0 Å². The van der Waals surface area contributed by atoms with Gasteiger partial charge < -0.3 is 15.2 Å². The quantitative estimate of drug-likeness (QED) is 0.595. The summed E-state index contributed by atoms with van der Waals surface area (Å²) >= 11 is 0. The normalized spacial score (nSPS) is 47.5. The van der Waals surface area contributed by atoms with Crippen molar-refractivity contribution in [2.75, 3.05) is 13.2 Å². The number of nitrogens with one attached hydrogen (secondary N) is 1. The van der Waals surface area contributed by atoms with Gasteiger partial charge in [0.15, 0.2) is 0 Å². The average molecular weight is 171 g/mol. The van der Waals surface area contributed by atoms with Crippen LogP contribution in [-0.4, -0.2) is 36.0 Å². The summed E-state index contributed by atoms with van der Waals surface area (Å²) in [6.07, 6.45) is 2.56. The van der Waals surface area contributed by atoms with Crippen molar-refractivity contribution in [1.82, 2.24) is 5.32 Å². The lowest BCUT2D eigenvalue weighted by Gasteiger charge is -2.44. The van der Waals surface area contributed by atoms with Gasteiger partial charge in [-0.05, 0) is 19.3 Å². The molecule has 0 saturated carbocycles. The molecule has 0 aromatic heterocycles. The van der Waals surface area contributed by atoms with Crippen molar-refractivity contribution in [3.05, 3.63) is 0 Å². The van der Waals surface area contributed by atoms with E-state index in [9.17, 15) is 5.11 Å². The van der Waals surface area contributed by atoms with Gasteiger partial charge in [-0.25, -0.2) is 0 Å². The molecule has 2 heterocycles. The van der Waals surface area contributed by atoms with Gasteiger partial charge in [0.2, 0.25) is 0 Å². The van der Waals surface area contributed by atoms with Crippen LogP contribution in [0.2, 0.25) is 0 Å². The Labute approximate surface area is 73.1 Å². The Morgan fingerprint density at radius 1 is 1.42 bits per heavy atom. The summed E-state index contributed by atoms with van der Waals surface area (Å²) in [5.41, 5.74) is -0.426. The molecule has 2 aliphatic rings. The fourth-order valence-electron chi connectivity index (χ4n) is 2.31. The summed E-state index contributed by atoms with van der Waals surface area (Å²) in [6, 6.07) is 0.755. The highest BCUT2D eigenvalue weighted by Crippen LogP contribution is 2.30. The zero-order valence-corrected chi connectivity index (χ0v) is 7.55. The van der Waals surface area contributed by atoms with Gasteiger partial charge in [0.25, 0.3) is 0 Å². The molecule has 2 rings (SSSR count). The highest BCUT2D eigenvalue weighted by molar-refractivity contribution is 4.96. The molecule has 0 aromatic carbocycles. The fraction of sp³-hybridized carbons (Fsp3) is 1.00. The standard InChI is InChI=1S/C9H17NO2/c1-2-9(11)3-7-5-12-6-8(4-9)10-7/h7-8,10-11H,2-6H2,1H3. The Kier molecular flexibility index (Phi) is 2.10. The molecule has 0 spiro atoms. The van der Waals surface area contributed by atoms with E-state index in [0.717, 1.165) is 32.5 Å². The number of ether oxygens (including phenoxy) is 1. The first-order chi connectivity index (χ1) is 5.72. The monoisotopic (exact) mass is 171 g/mol. The summed E-state index contributed by atoms with van der Waals surface area (Å²) in [7, 11) is 0. The topological polar surface area (TPSA) is 41.5 Å². The number of piperidine rings is 1. The minimum Gasteiger partial charge on any atom is -0.390 e. The highest BCUT2D eigenvalue weighted by atomic mass is 16.5. The summed E-state index contributed by atoms with van der Waals surface area (Å²) in [5.74, 6) is 0. The molecular weight excluding hydrogens is 154 g/mol. The zero-order chi connectivity index (χ0) is 8.60. The van der Waals surface area contributed by atoms with E-state index in [4.69, 9.17) is 4.74 Å². The second kappa shape index (κ2) is 2.98. The first kappa shape index (κ1) is 8.48. The third-order valence-corrected chi connectivity index (χ3v) is 3.02. The van der Waals surface area contributed by atoms with Crippen LogP contribution in [0, 0.1) is 0 Å². The lowest BCUT2D eigenvalue weighted by Crippen LogP contribution is -2.59. The summed E-state index contributed by atoms with van der Waals surface area (Å²) in [6.45, 7) is 3.58. The van der Waals surface area contributed by atoms with Crippen LogP contribution in [-0.2, 0) is 4.74 Å². The Bertz CT molecular complexity index is 160. The van der Waals surface area contributed by atoms with E-state index in [1.165, 1.54) is 0 Å². The predicted molar refractivity (Wildman–Crippen MR) is 46.0 cm³/mol. The molecule has 3 nitrogen and oxygen atoms in total. The van der Waals surface area contributed by atoms with Gasteiger partial charge in [-0.1, -0.05) is 6.92 Å². The number of aliphatic hydroxyl groups is 1. The number of hydrogen-bond donors (Lipinski definition) is 2. The zero-order valence-electron chi connectivity index (χ0n) is 7.55. The van der Waals surface area contributed by atoms with Crippen molar-refractivity contribution in [3.63, 3.8) is 0 Å². The van der Waals surface area contributed by atoms with Gasteiger partial charge in [-0.3, -0.25) is 0 Å². The third-order valence-electron chi connectivity index (χ3n) is 3.02. The van der Waals surface area contributed by atoms with Crippen LogP contribution in [0.15, 0.2) is 0 Å². The van der Waals surface area contributed by atoms with Crippen LogP contribution in [0.5, 0.6) is 0 Å². The van der Waals surface area contributed by atoms with Crippen LogP contribution in [0.1, 0.15) is 26.2 Å². The van der Waals surface area contributed by atoms with Crippen LogP contribution in [0.4, 0.5) is 0 Å². The maximum absolute atomic E-state index is 10.1. The summed E-state index contributed by atoms with van der Waals surface area (Å²) < 4.78 is 5.40. The molecule has 0 aromatic rings. The Morgan fingerprint density at radius 2 is 2.00 bits per heavy atom. The second-order valence-corrected chi connectivity index (χ2v) is 4.08. The van der Waals surface area contributed by atoms with Gasteiger partial charge in [-0.2, -0.15) is 0 Å². The number of hydrogen-bond acceptors (Lipinski definition) is 3. The molecule has 2 atom stereocenters. The molecule has 3 heteroatoms. The maximum Gasteiger partial charge on any atom is 0.0676 e. The maximum atomic E-state index is 10.1. The van der Waals surface area contributed by atoms with Crippen molar-refractivity contribution < 1.29 is 9.84 Å². The lowest BCUT2D eigenvalue weighted by atomic mass is 9.81. The molecule has 2 N–H and O–H groups in total. The smallest absolute Gasteiger partial charge is 0.0676 e. The molecule has 2 saturated heterocycles. The van der Waals surface area contributed by atoms with E-state index < -0.39 is 5.60 Å². The van der Waals surface area contributed by atoms with E-state index in [2.05, 4.69) is 12.2 Å². The van der Waals surface area contributed by atoms with E-state index in [-0.39, 0.29) is 0 Å². The minimum absolute atomic E-state index is 0.377. The minimum atomic E-state index is -0.426. The molecule has 70 valence electrons. The van der Waals surface area contributed by atoms with Crippen LogP contribution >= 0.6 is 0 Å². The van der Waals surface area contributed by atoms with Crippen molar-refractivity contribution in [2.24, 2.45) is 0 Å². The van der Waals surface area contributed by atoms with Crippen molar-refractivity contribution >= 4 is 0 Å². The number of fused-ring (bicyclic) bond motifs is 2. The van der Waals surface area contributed by atoms with Crippen molar-refractivity contribution in [2.45, 2.75) is 43.9 Å². The van der Waals surface area contributed by atoms with E-state index >= 15 is 0 Å². The molecule has 2 unspecified atom stereocenters. The number of rotatable bonds is 1.